The van der Waals surface area contributed by atoms with Gasteiger partial charge < -0.3 is 10.2 Å². The van der Waals surface area contributed by atoms with Crippen LogP contribution in [0.1, 0.15) is 29.8 Å². The number of carbonyl (C=O) groups excluding carboxylic acids is 2. The van der Waals surface area contributed by atoms with E-state index in [4.69, 9.17) is 0 Å². The predicted octanol–water partition coefficient (Wildman–Crippen LogP) is 2.99. The van der Waals surface area contributed by atoms with Gasteiger partial charge in [-0.3, -0.25) is 14.9 Å². The number of benzene rings is 2. The van der Waals surface area contributed by atoms with Crippen LogP contribution < -0.4 is 10.6 Å². The fourth-order valence-corrected chi connectivity index (χ4v) is 2.47. The van der Waals surface area contributed by atoms with Crippen LogP contribution in [0.5, 0.6) is 0 Å². The van der Waals surface area contributed by atoms with Gasteiger partial charge in [-0.1, -0.05) is 18.2 Å². The standard InChI is InChI=1S/C20H24FN3O2/c1-20(2,15-8-6-9-16(21)12-15)22-13-18(25)23-17-10-5-7-14(11-17)19(26)24(3)4/h5-12,22H,13H2,1-4H3,(H,23,25). The molecule has 0 fully saturated rings. The third-order valence-electron chi connectivity index (χ3n) is 4.04. The van der Waals surface area contributed by atoms with Crippen LogP contribution in [0.25, 0.3) is 0 Å². The van der Waals surface area contributed by atoms with Gasteiger partial charge in [0.05, 0.1) is 6.54 Å². The molecular weight excluding hydrogens is 333 g/mol. The quantitative estimate of drug-likeness (QED) is 0.835. The highest BCUT2D eigenvalue weighted by atomic mass is 19.1. The molecule has 0 radical (unpaired) electrons. The zero-order chi connectivity index (χ0) is 19.3. The molecule has 0 saturated carbocycles. The second-order valence-corrected chi connectivity index (χ2v) is 6.82. The number of rotatable bonds is 6. The van der Waals surface area contributed by atoms with Crippen molar-refractivity contribution in [1.82, 2.24) is 10.2 Å². The van der Waals surface area contributed by atoms with Gasteiger partial charge in [0.2, 0.25) is 5.91 Å². The first-order valence-electron chi connectivity index (χ1n) is 8.32. The topological polar surface area (TPSA) is 61.4 Å². The van der Waals surface area contributed by atoms with Crippen molar-refractivity contribution in [2.24, 2.45) is 0 Å². The van der Waals surface area contributed by atoms with Gasteiger partial charge in [0.25, 0.3) is 5.91 Å². The van der Waals surface area contributed by atoms with E-state index in [2.05, 4.69) is 10.6 Å². The van der Waals surface area contributed by atoms with Crippen molar-refractivity contribution < 1.29 is 14.0 Å². The van der Waals surface area contributed by atoms with Crippen LogP contribution in [-0.4, -0.2) is 37.4 Å². The maximum absolute atomic E-state index is 13.4. The normalized spacial score (nSPS) is 11.1. The number of nitrogens with one attached hydrogen (secondary N) is 2. The molecule has 2 N–H and O–H groups in total. The molecule has 6 heteroatoms. The highest BCUT2D eigenvalue weighted by Crippen LogP contribution is 2.20. The van der Waals surface area contributed by atoms with E-state index in [1.54, 1.807) is 44.4 Å². The average Bonchev–Trinajstić information content (AvgIpc) is 2.59. The smallest absolute Gasteiger partial charge is 0.253 e. The minimum absolute atomic E-state index is 0.0510. The number of anilines is 1. The van der Waals surface area contributed by atoms with Crippen molar-refractivity contribution in [2.75, 3.05) is 26.0 Å². The van der Waals surface area contributed by atoms with Gasteiger partial charge in [0.1, 0.15) is 5.82 Å². The van der Waals surface area contributed by atoms with Gasteiger partial charge in [0.15, 0.2) is 0 Å². The highest BCUT2D eigenvalue weighted by Gasteiger charge is 2.21. The first-order valence-corrected chi connectivity index (χ1v) is 8.32. The van der Waals surface area contributed by atoms with Crippen LogP contribution in [0.4, 0.5) is 10.1 Å². The number of hydrogen-bond donors (Lipinski definition) is 2. The Hall–Kier alpha value is -2.73. The summed E-state index contributed by atoms with van der Waals surface area (Å²) < 4.78 is 13.4. The number of carbonyl (C=O) groups is 2. The minimum atomic E-state index is -0.567. The van der Waals surface area contributed by atoms with E-state index in [1.807, 2.05) is 19.9 Å². The molecule has 2 aromatic carbocycles. The van der Waals surface area contributed by atoms with E-state index in [1.165, 1.54) is 17.0 Å². The van der Waals surface area contributed by atoms with Gasteiger partial charge in [-0.25, -0.2) is 4.39 Å². The second-order valence-electron chi connectivity index (χ2n) is 6.82. The Bertz CT molecular complexity index is 803. The second kappa shape index (κ2) is 8.10. The van der Waals surface area contributed by atoms with Crippen LogP contribution in [0.3, 0.4) is 0 Å². The molecule has 0 saturated heterocycles. The molecule has 0 unspecified atom stereocenters. The lowest BCUT2D eigenvalue weighted by molar-refractivity contribution is -0.115. The van der Waals surface area contributed by atoms with Crippen molar-refractivity contribution in [2.45, 2.75) is 19.4 Å². The number of amides is 2. The zero-order valence-electron chi connectivity index (χ0n) is 15.5. The molecule has 0 aromatic heterocycles. The fourth-order valence-electron chi connectivity index (χ4n) is 2.47. The molecule has 0 aliphatic rings. The third-order valence-corrected chi connectivity index (χ3v) is 4.04. The van der Waals surface area contributed by atoms with Crippen molar-refractivity contribution in [3.63, 3.8) is 0 Å². The van der Waals surface area contributed by atoms with Crippen LogP contribution in [0.15, 0.2) is 48.5 Å². The highest BCUT2D eigenvalue weighted by molar-refractivity contribution is 5.97. The maximum Gasteiger partial charge on any atom is 0.253 e. The summed E-state index contributed by atoms with van der Waals surface area (Å²) >= 11 is 0. The van der Waals surface area contributed by atoms with Gasteiger partial charge in [-0.05, 0) is 49.7 Å². The van der Waals surface area contributed by atoms with E-state index in [0.29, 0.717) is 11.3 Å². The van der Waals surface area contributed by atoms with Crippen molar-refractivity contribution in [3.8, 4) is 0 Å². The molecule has 0 bridgehead atoms. The van der Waals surface area contributed by atoms with Gasteiger partial charge in [-0.2, -0.15) is 0 Å². The lowest BCUT2D eigenvalue weighted by atomic mass is 9.94. The SMILES string of the molecule is CN(C)C(=O)c1cccc(NC(=O)CNC(C)(C)c2cccc(F)c2)c1. The van der Waals surface area contributed by atoms with E-state index in [-0.39, 0.29) is 24.2 Å². The molecule has 0 aliphatic heterocycles. The Morgan fingerprint density at radius 1 is 1.08 bits per heavy atom. The summed E-state index contributed by atoms with van der Waals surface area (Å²) in [5.41, 5.74) is 1.24. The summed E-state index contributed by atoms with van der Waals surface area (Å²) in [5, 5.41) is 5.89. The Labute approximate surface area is 153 Å². The summed E-state index contributed by atoms with van der Waals surface area (Å²) in [6.45, 7) is 3.81. The molecule has 2 amide bonds. The Morgan fingerprint density at radius 2 is 1.77 bits per heavy atom. The lowest BCUT2D eigenvalue weighted by Crippen LogP contribution is -2.41. The third kappa shape index (κ3) is 5.13. The largest absolute Gasteiger partial charge is 0.345 e. The van der Waals surface area contributed by atoms with E-state index in [0.717, 1.165) is 5.56 Å². The number of hydrogen-bond acceptors (Lipinski definition) is 3. The van der Waals surface area contributed by atoms with Gasteiger partial charge in [0, 0.05) is 30.9 Å². The Balaban J connectivity index is 1.99. The molecule has 0 aliphatic carbocycles. The summed E-state index contributed by atoms with van der Waals surface area (Å²) in [6.07, 6.45) is 0. The first-order chi connectivity index (χ1) is 12.2. The van der Waals surface area contributed by atoms with Crippen LogP contribution in [-0.2, 0) is 10.3 Å². The molecular formula is C20H24FN3O2. The molecule has 5 nitrogen and oxygen atoms in total. The van der Waals surface area contributed by atoms with Crippen molar-refractivity contribution in [3.05, 3.63) is 65.5 Å². The van der Waals surface area contributed by atoms with Crippen molar-refractivity contribution in [1.29, 1.82) is 0 Å². The maximum atomic E-state index is 13.4. The predicted molar refractivity (Wildman–Crippen MR) is 101 cm³/mol. The van der Waals surface area contributed by atoms with Crippen LogP contribution >= 0.6 is 0 Å². The molecule has 0 spiro atoms. The van der Waals surface area contributed by atoms with E-state index < -0.39 is 5.54 Å². The summed E-state index contributed by atoms with van der Waals surface area (Å²) in [5.74, 6) is -0.695. The number of nitrogens with zero attached hydrogens (tertiary/aromatic N) is 1. The summed E-state index contributed by atoms with van der Waals surface area (Å²) in [7, 11) is 3.35. The molecule has 2 rings (SSSR count). The minimum Gasteiger partial charge on any atom is -0.345 e. The summed E-state index contributed by atoms with van der Waals surface area (Å²) in [4.78, 5) is 25.7. The monoisotopic (exact) mass is 357 g/mol. The number of halogens is 1. The van der Waals surface area contributed by atoms with Crippen molar-refractivity contribution >= 4 is 17.5 Å². The van der Waals surface area contributed by atoms with Gasteiger partial charge >= 0.3 is 0 Å². The summed E-state index contributed by atoms with van der Waals surface area (Å²) in [6, 6.07) is 13.1. The van der Waals surface area contributed by atoms with E-state index in [9.17, 15) is 14.0 Å². The molecule has 138 valence electrons. The lowest BCUT2D eigenvalue weighted by Gasteiger charge is -2.26. The Kier molecular flexibility index (Phi) is 6.10. The van der Waals surface area contributed by atoms with Crippen LogP contribution in [0.2, 0.25) is 0 Å². The molecule has 26 heavy (non-hydrogen) atoms. The molecule has 0 atom stereocenters. The van der Waals surface area contributed by atoms with Crippen LogP contribution in [0, 0.1) is 5.82 Å². The average molecular weight is 357 g/mol. The van der Waals surface area contributed by atoms with Gasteiger partial charge in [-0.15, -0.1) is 0 Å². The first kappa shape index (κ1) is 19.6. The molecule has 2 aromatic rings. The zero-order valence-corrected chi connectivity index (χ0v) is 15.5. The van der Waals surface area contributed by atoms with E-state index >= 15 is 0 Å². The Morgan fingerprint density at radius 3 is 2.42 bits per heavy atom. The fraction of sp³-hybridized carbons (Fsp3) is 0.300. The molecule has 0 heterocycles.